The van der Waals surface area contributed by atoms with E-state index in [9.17, 15) is 0 Å². The minimum Gasteiger partial charge on any atom is -0.144 e. The normalized spacial score (nSPS) is 10.5. The van der Waals surface area contributed by atoms with Crippen LogP contribution in [0.15, 0.2) is 40.7 Å². The molecule has 0 bridgehead atoms. The second-order valence-corrected chi connectivity index (χ2v) is 4.72. The predicted molar refractivity (Wildman–Crippen MR) is 63.4 cm³/mol. The van der Waals surface area contributed by atoms with Crippen molar-refractivity contribution in [2.75, 3.05) is 0 Å². The van der Waals surface area contributed by atoms with Crippen molar-refractivity contribution in [1.82, 2.24) is 0 Å². The number of fused-ring (bicyclic) bond motifs is 1. The molecular formula is C11H9BrS. The van der Waals surface area contributed by atoms with E-state index in [1.54, 1.807) is 11.3 Å². The monoisotopic (exact) mass is 252 g/mol. The van der Waals surface area contributed by atoms with E-state index < -0.39 is 0 Å². The first-order chi connectivity index (χ1) is 6.31. The quantitative estimate of drug-likeness (QED) is 0.696. The standard InChI is InChI=1S/C11H9BrS/c1-2-3-8-7-13-11-5-4-9(12)6-10(8)11/h2,4-7H,1,3H2. The Morgan fingerprint density at radius 3 is 3.08 bits per heavy atom. The summed E-state index contributed by atoms with van der Waals surface area (Å²) >= 11 is 5.28. The number of thiophene rings is 1. The van der Waals surface area contributed by atoms with Crippen LogP contribution in [0.5, 0.6) is 0 Å². The maximum Gasteiger partial charge on any atom is 0.0346 e. The van der Waals surface area contributed by atoms with Crippen molar-refractivity contribution in [1.29, 1.82) is 0 Å². The second kappa shape index (κ2) is 3.64. The minimum atomic E-state index is 0.955. The number of benzene rings is 1. The average Bonchev–Trinajstić information content (AvgIpc) is 2.49. The molecule has 0 N–H and O–H groups in total. The Balaban J connectivity index is 2.64. The molecule has 66 valence electrons. The van der Waals surface area contributed by atoms with Crippen LogP contribution >= 0.6 is 27.3 Å². The molecule has 2 rings (SSSR count). The molecule has 0 amide bonds. The third kappa shape index (κ3) is 1.69. The highest BCUT2D eigenvalue weighted by molar-refractivity contribution is 9.10. The van der Waals surface area contributed by atoms with Crippen molar-refractivity contribution in [2.45, 2.75) is 6.42 Å². The van der Waals surface area contributed by atoms with Gasteiger partial charge in [0.2, 0.25) is 0 Å². The Labute approximate surface area is 90.0 Å². The molecule has 0 radical (unpaired) electrons. The topological polar surface area (TPSA) is 0 Å². The lowest BCUT2D eigenvalue weighted by Crippen LogP contribution is -1.76. The summed E-state index contributed by atoms with van der Waals surface area (Å²) in [4.78, 5) is 0. The highest BCUT2D eigenvalue weighted by Crippen LogP contribution is 2.29. The molecule has 0 fully saturated rings. The molecular weight excluding hydrogens is 244 g/mol. The lowest BCUT2D eigenvalue weighted by molar-refractivity contribution is 1.33. The molecule has 0 aliphatic heterocycles. The molecule has 1 heterocycles. The van der Waals surface area contributed by atoms with Gasteiger partial charge in [0.05, 0.1) is 0 Å². The van der Waals surface area contributed by atoms with Crippen LogP contribution < -0.4 is 0 Å². The molecule has 0 saturated heterocycles. The van der Waals surface area contributed by atoms with Crippen LogP contribution in [0.4, 0.5) is 0 Å². The van der Waals surface area contributed by atoms with Gasteiger partial charge in [0.1, 0.15) is 0 Å². The lowest BCUT2D eigenvalue weighted by Gasteiger charge is -1.94. The maximum absolute atomic E-state index is 3.76. The smallest absolute Gasteiger partial charge is 0.0346 e. The summed E-state index contributed by atoms with van der Waals surface area (Å²) in [5.74, 6) is 0. The fourth-order valence-electron chi connectivity index (χ4n) is 1.37. The van der Waals surface area contributed by atoms with Crippen LogP contribution in [0.3, 0.4) is 0 Å². The van der Waals surface area contributed by atoms with E-state index in [2.05, 4.69) is 46.1 Å². The van der Waals surface area contributed by atoms with Gasteiger partial charge in [-0.3, -0.25) is 0 Å². The molecule has 0 atom stereocenters. The van der Waals surface area contributed by atoms with Crippen LogP contribution in [0.2, 0.25) is 0 Å². The van der Waals surface area contributed by atoms with Crippen LogP contribution in [-0.4, -0.2) is 0 Å². The Morgan fingerprint density at radius 1 is 1.46 bits per heavy atom. The molecule has 0 nitrogen and oxygen atoms in total. The summed E-state index contributed by atoms with van der Waals surface area (Å²) in [6, 6.07) is 6.40. The van der Waals surface area contributed by atoms with Crippen LogP contribution in [0, 0.1) is 0 Å². The first kappa shape index (κ1) is 8.97. The van der Waals surface area contributed by atoms with E-state index in [1.807, 2.05) is 6.08 Å². The summed E-state index contributed by atoms with van der Waals surface area (Å²) in [6.07, 6.45) is 2.90. The van der Waals surface area contributed by atoms with Crippen LogP contribution in [0.25, 0.3) is 10.1 Å². The Bertz CT molecular complexity index is 442. The number of hydrogen-bond donors (Lipinski definition) is 0. The van der Waals surface area contributed by atoms with Crippen molar-refractivity contribution in [3.63, 3.8) is 0 Å². The van der Waals surface area contributed by atoms with E-state index in [-0.39, 0.29) is 0 Å². The van der Waals surface area contributed by atoms with Gasteiger partial charge in [-0.1, -0.05) is 22.0 Å². The van der Waals surface area contributed by atoms with Gasteiger partial charge < -0.3 is 0 Å². The summed E-state index contributed by atoms with van der Waals surface area (Å²) in [5.41, 5.74) is 1.37. The minimum absolute atomic E-state index is 0.955. The molecule has 0 spiro atoms. The number of halogens is 1. The molecule has 13 heavy (non-hydrogen) atoms. The van der Waals surface area contributed by atoms with E-state index >= 15 is 0 Å². The molecule has 2 aromatic rings. The van der Waals surface area contributed by atoms with Gasteiger partial charge in [-0.05, 0) is 40.9 Å². The summed E-state index contributed by atoms with van der Waals surface area (Å²) in [5, 5.41) is 3.55. The highest BCUT2D eigenvalue weighted by Gasteiger charge is 2.02. The molecule has 1 aromatic heterocycles. The first-order valence-corrected chi connectivity index (χ1v) is 5.75. The molecule has 1 aromatic carbocycles. The third-order valence-electron chi connectivity index (χ3n) is 1.98. The SMILES string of the molecule is C=CCc1csc2ccc(Br)cc12. The van der Waals surface area contributed by atoms with Crippen molar-refractivity contribution in [2.24, 2.45) is 0 Å². The van der Waals surface area contributed by atoms with Gasteiger partial charge in [0, 0.05) is 9.17 Å². The van der Waals surface area contributed by atoms with Gasteiger partial charge in [-0.2, -0.15) is 0 Å². The lowest BCUT2D eigenvalue weighted by atomic mass is 10.1. The highest BCUT2D eigenvalue weighted by atomic mass is 79.9. The fourth-order valence-corrected chi connectivity index (χ4v) is 2.68. The number of hydrogen-bond acceptors (Lipinski definition) is 1. The largest absolute Gasteiger partial charge is 0.144 e. The Hall–Kier alpha value is -0.600. The van der Waals surface area contributed by atoms with Gasteiger partial charge >= 0.3 is 0 Å². The Kier molecular flexibility index (Phi) is 2.51. The molecule has 2 heteroatoms. The van der Waals surface area contributed by atoms with Crippen molar-refractivity contribution >= 4 is 37.4 Å². The third-order valence-corrected chi connectivity index (χ3v) is 3.49. The van der Waals surface area contributed by atoms with Crippen molar-refractivity contribution in [3.8, 4) is 0 Å². The second-order valence-electron chi connectivity index (χ2n) is 2.89. The van der Waals surface area contributed by atoms with E-state index in [0.717, 1.165) is 10.9 Å². The maximum atomic E-state index is 3.76. The zero-order chi connectivity index (χ0) is 9.26. The molecule has 0 saturated carbocycles. The summed E-state index contributed by atoms with van der Waals surface area (Å²) < 4.78 is 2.49. The fraction of sp³-hybridized carbons (Fsp3) is 0.0909. The van der Waals surface area contributed by atoms with Gasteiger partial charge in [-0.25, -0.2) is 0 Å². The summed E-state index contributed by atoms with van der Waals surface area (Å²) in [7, 11) is 0. The van der Waals surface area contributed by atoms with Gasteiger partial charge in [0.15, 0.2) is 0 Å². The molecule has 0 unspecified atom stereocenters. The van der Waals surface area contributed by atoms with E-state index in [1.165, 1.54) is 15.6 Å². The average molecular weight is 253 g/mol. The van der Waals surface area contributed by atoms with E-state index in [4.69, 9.17) is 0 Å². The summed E-state index contributed by atoms with van der Waals surface area (Å²) in [6.45, 7) is 3.76. The van der Waals surface area contributed by atoms with Gasteiger partial charge in [0.25, 0.3) is 0 Å². The van der Waals surface area contributed by atoms with Crippen LogP contribution in [-0.2, 0) is 6.42 Å². The zero-order valence-corrected chi connectivity index (χ0v) is 9.49. The number of rotatable bonds is 2. The van der Waals surface area contributed by atoms with Crippen molar-refractivity contribution < 1.29 is 0 Å². The van der Waals surface area contributed by atoms with Crippen LogP contribution in [0.1, 0.15) is 5.56 Å². The van der Waals surface area contributed by atoms with Gasteiger partial charge in [-0.15, -0.1) is 17.9 Å². The zero-order valence-electron chi connectivity index (χ0n) is 7.09. The predicted octanol–water partition coefficient (Wildman–Crippen LogP) is 4.39. The van der Waals surface area contributed by atoms with E-state index in [0.29, 0.717) is 0 Å². The Morgan fingerprint density at radius 2 is 2.31 bits per heavy atom. The first-order valence-electron chi connectivity index (χ1n) is 4.08. The number of allylic oxidation sites excluding steroid dienone is 1. The molecule has 0 aliphatic rings. The van der Waals surface area contributed by atoms with Crippen molar-refractivity contribution in [3.05, 3.63) is 46.3 Å². The molecule has 0 aliphatic carbocycles.